The summed E-state index contributed by atoms with van der Waals surface area (Å²) in [7, 11) is 1.59. The molecule has 0 unspecified atom stereocenters. The maximum absolute atomic E-state index is 11.8. The van der Waals surface area contributed by atoms with Crippen LogP contribution >= 0.6 is 0 Å². The highest BCUT2D eigenvalue weighted by molar-refractivity contribution is 5.90. The second-order valence-corrected chi connectivity index (χ2v) is 4.51. The number of nitriles is 1. The molecule has 0 fully saturated rings. The molecule has 1 amide bonds. The van der Waals surface area contributed by atoms with Crippen LogP contribution in [0.2, 0.25) is 0 Å². The van der Waals surface area contributed by atoms with Gasteiger partial charge >= 0.3 is 0 Å². The van der Waals surface area contributed by atoms with Crippen LogP contribution in [0.25, 0.3) is 0 Å². The maximum Gasteiger partial charge on any atom is 0.227 e. The molecule has 0 aromatic heterocycles. The molecule has 0 bridgehead atoms. The molecule has 5 nitrogen and oxygen atoms in total. The number of rotatable bonds is 6. The molecule has 0 radical (unpaired) electrons. The topological polar surface area (TPSA) is 71.3 Å². The third-order valence-electron chi connectivity index (χ3n) is 2.94. The van der Waals surface area contributed by atoms with Gasteiger partial charge in [0.1, 0.15) is 11.5 Å². The zero-order valence-corrected chi connectivity index (χ0v) is 12.2. The average molecular weight is 296 g/mol. The Balaban J connectivity index is 1.78. The summed E-state index contributed by atoms with van der Waals surface area (Å²) in [6.45, 7) is 0.273. The van der Waals surface area contributed by atoms with Gasteiger partial charge in [-0.05, 0) is 36.4 Å². The van der Waals surface area contributed by atoms with Gasteiger partial charge < -0.3 is 14.8 Å². The second-order valence-electron chi connectivity index (χ2n) is 4.51. The molecule has 2 aromatic carbocycles. The van der Waals surface area contributed by atoms with E-state index in [9.17, 15) is 4.79 Å². The molecule has 112 valence electrons. The Bertz CT molecular complexity index is 675. The Hall–Kier alpha value is -3.00. The number of anilines is 1. The Morgan fingerprint density at radius 2 is 1.91 bits per heavy atom. The Morgan fingerprint density at radius 3 is 2.59 bits per heavy atom. The van der Waals surface area contributed by atoms with Gasteiger partial charge in [-0.2, -0.15) is 5.26 Å². The summed E-state index contributed by atoms with van der Waals surface area (Å²) in [4.78, 5) is 11.8. The smallest absolute Gasteiger partial charge is 0.227 e. The first-order chi connectivity index (χ1) is 10.7. The summed E-state index contributed by atoms with van der Waals surface area (Å²) >= 11 is 0. The van der Waals surface area contributed by atoms with E-state index in [2.05, 4.69) is 5.32 Å². The maximum atomic E-state index is 11.8. The largest absolute Gasteiger partial charge is 0.497 e. The van der Waals surface area contributed by atoms with Gasteiger partial charge in [0.05, 0.1) is 31.8 Å². The summed E-state index contributed by atoms with van der Waals surface area (Å²) in [5.41, 5.74) is 1.21. The van der Waals surface area contributed by atoms with E-state index in [1.807, 2.05) is 18.2 Å². The zero-order chi connectivity index (χ0) is 15.8. The molecule has 0 aliphatic carbocycles. The molecule has 22 heavy (non-hydrogen) atoms. The van der Waals surface area contributed by atoms with E-state index in [1.54, 1.807) is 43.5 Å². The Labute approximate surface area is 129 Å². The van der Waals surface area contributed by atoms with E-state index in [0.29, 0.717) is 22.7 Å². The van der Waals surface area contributed by atoms with E-state index >= 15 is 0 Å². The second kappa shape index (κ2) is 7.70. The van der Waals surface area contributed by atoms with Crippen LogP contribution < -0.4 is 14.8 Å². The molecule has 5 heteroatoms. The molecule has 2 rings (SSSR count). The fourth-order valence-electron chi connectivity index (χ4n) is 1.80. The number of carbonyl (C=O) groups is 1. The number of amides is 1. The van der Waals surface area contributed by atoms with Gasteiger partial charge in [0.15, 0.2) is 0 Å². The molecule has 2 aromatic rings. The quantitative estimate of drug-likeness (QED) is 0.889. The number of carbonyl (C=O) groups excluding carboxylic acids is 1. The lowest BCUT2D eigenvalue weighted by atomic mass is 10.2. The molecule has 0 saturated heterocycles. The minimum atomic E-state index is -0.146. The number of hydrogen-bond donors (Lipinski definition) is 1. The van der Waals surface area contributed by atoms with E-state index in [1.165, 1.54) is 0 Å². The number of methoxy groups -OCH3 is 1. The van der Waals surface area contributed by atoms with Gasteiger partial charge in [0.25, 0.3) is 0 Å². The number of nitrogens with zero attached hydrogens (tertiary/aromatic N) is 1. The number of nitrogens with one attached hydrogen (secondary N) is 1. The predicted octanol–water partition coefficient (Wildman–Crippen LogP) is 2.97. The van der Waals surface area contributed by atoms with E-state index in [-0.39, 0.29) is 18.9 Å². The lowest BCUT2D eigenvalue weighted by Crippen LogP contribution is -2.15. The van der Waals surface area contributed by atoms with Gasteiger partial charge in [-0.1, -0.05) is 6.07 Å². The van der Waals surface area contributed by atoms with Crippen molar-refractivity contribution in [1.29, 1.82) is 5.26 Å². The van der Waals surface area contributed by atoms with E-state index in [4.69, 9.17) is 14.7 Å². The summed E-state index contributed by atoms with van der Waals surface area (Å²) in [6.07, 6.45) is 0.233. The molecule has 0 saturated carbocycles. The van der Waals surface area contributed by atoms with Crippen molar-refractivity contribution in [3.05, 3.63) is 54.1 Å². The molecular formula is C17H16N2O3. The van der Waals surface area contributed by atoms with Crippen molar-refractivity contribution in [1.82, 2.24) is 0 Å². The van der Waals surface area contributed by atoms with Crippen LogP contribution in [-0.2, 0) is 4.79 Å². The van der Waals surface area contributed by atoms with Crippen LogP contribution in [0.4, 0.5) is 5.69 Å². The van der Waals surface area contributed by atoms with Crippen molar-refractivity contribution in [2.75, 3.05) is 19.0 Å². The summed E-state index contributed by atoms with van der Waals surface area (Å²) < 4.78 is 10.6. The van der Waals surface area contributed by atoms with Gasteiger partial charge in [0, 0.05) is 11.8 Å². The molecule has 0 heterocycles. The highest BCUT2D eigenvalue weighted by Crippen LogP contribution is 2.19. The van der Waals surface area contributed by atoms with Crippen molar-refractivity contribution in [3.63, 3.8) is 0 Å². The van der Waals surface area contributed by atoms with Gasteiger partial charge in [-0.25, -0.2) is 0 Å². The standard InChI is InChI=1S/C17H16N2O3/c1-21-15-3-2-4-16(11-15)22-10-9-17(20)19-14-7-5-13(12-18)6-8-14/h2-8,11H,9-10H2,1H3,(H,19,20). The first-order valence-electron chi connectivity index (χ1n) is 6.78. The Morgan fingerprint density at radius 1 is 1.18 bits per heavy atom. The van der Waals surface area contributed by atoms with Crippen molar-refractivity contribution >= 4 is 11.6 Å². The van der Waals surface area contributed by atoms with Crippen molar-refractivity contribution < 1.29 is 14.3 Å². The number of hydrogen-bond acceptors (Lipinski definition) is 4. The first-order valence-corrected chi connectivity index (χ1v) is 6.78. The third kappa shape index (κ3) is 4.53. The van der Waals surface area contributed by atoms with Crippen LogP contribution in [0.3, 0.4) is 0 Å². The summed E-state index contributed by atoms with van der Waals surface area (Å²) in [6, 6.07) is 15.9. The fourth-order valence-corrected chi connectivity index (χ4v) is 1.80. The lowest BCUT2D eigenvalue weighted by Gasteiger charge is -2.08. The number of ether oxygens (including phenoxy) is 2. The van der Waals surface area contributed by atoms with Gasteiger partial charge in [0.2, 0.25) is 5.91 Å². The average Bonchev–Trinajstić information content (AvgIpc) is 2.56. The van der Waals surface area contributed by atoms with Crippen molar-refractivity contribution in [2.24, 2.45) is 0 Å². The fraction of sp³-hybridized carbons (Fsp3) is 0.176. The van der Waals surface area contributed by atoms with Crippen LogP contribution in [0.1, 0.15) is 12.0 Å². The summed E-state index contributed by atoms with van der Waals surface area (Å²) in [5.74, 6) is 1.22. The molecule has 0 atom stereocenters. The minimum Gasteiger partial charge on any atom is -0.497 e. The van der Waals surface area contributed by atoms with E-state index < -0.39 is 0 Å². The lowest BCUT2D eigenvalue weighted by molar-refractivity contribution is -0.116. The van der Waals surface area contributed by atoms with Crippen LogP contribution in [-0.4, -0.2) is 19.6 Å². The van der Waals surface area contributed by atoms with Crippen LogP contribution in [0, 0.1) is 11.3 Å². The predicted molar refractivity (Wildman–Crippen MR) is 82.9 cm³/mol. The molecule has 0 aliphatic rings. The van der Waals surface area contributed by atoms with E-state index in [0.717, 1.165) is 0 Å². The van der Waals surface area contributed by atoms with Gasteiger partial charge in [-0.15, -0.1) is 0 Å². The van der Waals surface area contributed by atoms with Crippen LogP contribution in [0.5, 0.6) is 11.5 Å². The van der Waals surface area contributed by atoms with Crippen molar-refractivity contribution in [3.8, 4) is 17.6 Å². The third-order valence-corrected chi connectivity index (χ3v) is 2.94. The van der Waals surface area contributed by atoms with Crippen LogP contribution in [0.15, 0.2) is 48.5 Å². The highest BCUT2D eigenvalue weighted by atomic mass is 16.5. The zero-order valence-electron chi connectivity index (χ0n) is 12.2. The minimum absolute atomic E-state index is 0.146. The SMILES string of the molecule is COc1cccc(OCCC(=O)Nc2ccc(C#N)cc2)c1. The normalized spacial score (nSPS) is 9.64. The summed E-state index contributed by atoms with van der Waals surface area (Å²) in [5, 5.41) is 11.5. The molecule has 1 N–H and O–H groups in total. The molecule has 0 spiro atoms. The monoisotopic (exact) mass is 296 g/mol. The van der Waals surface area contributed by atoms with Crippen molar-refractivity contribution in [2.45, 2.75) is 6.42 Å². The molecular weight excluding hydrogens is 280 g/mol. The number of benzene rings is 2. The van der Waals surface area contributed by atoms with Gasteiger partial charge in [-0.3, -0.25) is 4.79 Å². The molecule has 0 aliphatic heterocycles. The Kier molecular flexibility index (Phi) is 5.38. The highest BCUT2D eigenvalue weighted by Gasteiger charge is 2.04. The first kappa shape index (κ1) is 15.4.